The fourth-order valence-electron chi connectivity index (χ4n) is 5.04. The van der Waals surface area contributed by atoms with Crippen molar-refractivity contribution in [1.29, 1.82) is 0 Å². The van der Waals surface area contributed by atoms with E-state index in [0.29, 0.717) is 12.0 Å². The van der Waals surface area contributed by atoms with Gasteiger partial charge in [-0.15, -0.1) is 0 Å². The number of aromatic nitrogens is 2. The second kappa shape index (κ2) is 7.57. The Hall–Kier alpha value is -2.37. The highest BCUT2D eigenvalue weighted by molar-refractivity contribution is 5.59. The van der Waals surface area contributed by atoms with Gasteiger partial charge in [0.15, 0.2) is 0 Å². The Labute approximate surface area is 166 Å². The summed E-state index contributed by atoms with van der Waals surface area (Å²) in [6.45, 7) is 4.21. The molecule has 4 atom stereocenters. The molecule has 3 aliphatic rings. The molecule has 2 aromatic heterocycles. The number of hydrogen-bond donors (Lipinski definition) is 1. The molecule has 3 aliphatic heterocycles. The van der Waals surface area contributed by atoms with Gasteiger partial charge in [-0.25, -0.2) is 0 Å². The third-order valence-corrected chi connectivity index (χ3v) is 6.50. The van der Waals surface area contributed by atoms with E-state index in [0.717, 1.165) is 37.0 Å². The molecule has 0 aliphatic carbocycles. The highest BCUT2D eigenvalue weighted by atomic mass is 16.3. The van der Waals surface area contributed by atoms with E-state index in [1.165, 1.54) is 30.6 Å². The van der Waals surface area contributed by atoms with Crippen molar-refractivity contribution in [3.05, 3.63) is 66.2 Å². The number of benzene rings is 1. The van der Waals surface area contributed by atoms with Crippen LogP contribution < -0.4 is 5.32 Å². The van der Waals surface area contributed by atoms with Crippen molar-refractivity contribution in [2.45, 2.75) is 31.3 Å². The van der Waals surface area contributed by atoms with E-state index in [1.54, 1.807) is 6.26 Å². The standard InChI is InChI=1S/C23H28N4O/c1-26-23(13-22(25-26)17-6-3-2-4-7-17)21-16-27-10-9-18(21)12-19(27)14-24-15-20-8-5-11-28-20/h2-8,11,13,18-19,21,24H,9-10,12,14-16H2,1H3/t18-,19+,21+/m0/s1. The molecule has 3 saturated heterocycles. The molecule has 146 valence electrons. The highest BCUT2D eigenvalue weighted by Crippen LogP contribution is 2.42. The minimum Gasteiger partial charge on any atom is -0.468 e. The zero-order chi connectivity index (χ0) is 18.9. The molecule has 1 N–H and O–H groups in total. The van der Waals surface area contributed by atoms with Gasteiger partial charge in [0.1, 0.15) is 5.76 Å². The molecule has 5 heteroatoms. The van der Waals surface area contributed by atoms with Gasteiger partial charge in [0, 0.05) is 43.4 Å². The molecule has 1 unspecified atom stereocenters. The van der Waals surface area contributed by atoms with Gasteiger partial charge in [0.25, 0.3) is 0 Å². The van der Waals surface area contributed by atoms with Crippen molar-refractivity contribution in [2.75, 3.05) is 19.6 Å². The fourth-order valence-corrected chi connectivity index (χ4v) is 5.04. The van der Waals surface area contributed by atoms with Crippen LogP contribution >= 0.6 is 0 Å². The van der Waals surface area contributed by atoms with Crippen molar-refractivity contribution in [2.24, 2.45) is 13.0 Å². The van der Waals surface area contributed by atoms with Gasteiger partial charge in [-0.2, -0.15) is 5.10 Å². The molecule has 6 rings (SSSR count). The summed E-state index contributed by atoms with van der Waals surface area (Å²) in [5.74, 6) is 2.35. The van der Waals surface area contributed by atoms with Crippen LogP contribution in [0.1, 0.15) is 30.2 Å². The Morgan fingerprint density at radius 1 is 1.18 bits per heavy atom. The van der Waals surface area contributed by atoms with E-state index >= 15 is 0 Å². The van der Waals surface area contributed by atoms with E-state index < -0.39 is 0 Å². The number of piperidine rings is 3. The van der Waals surface area contributed by atoms with Crippen molar-refractivity contribution in [3.8, 4) is 11.3 Å². The summed E-state index contributed by atoms with van der Waals surface area (Å²) >= 11 is 0. The lowest BCUT2D eigenvalue weighted by molar-refractivity contribution is 0.0280. The molecular formula is C23H28N4O. The Morgan fingerprint density at radius 3 is 2.82 bits per heavy atom. The van der Waals surface area contributed by atoms with Gasteiger partial charge >= 0.3 is 0 Å². The Morgan fingerprint density at radius 2 is 2.07 bits per heavy atom. The summed E-state index contributed by atoms with van der Waals surface area (Å²) in [4.78, 5) is 2.68. The smallest absolute Gasteiger partial charge is 0.117 e. The van der Waals surface area contributed by atoms with E-state index in [9.17, 15) is 0 Å². The number of rotatable bonds is 6. The van der Waals surface area contributed by atoms with Crippen LogP contribution in [0.5, 0.6) is 0 Å². The molecule has 0 saturated carbocycles. The number of nitrogens with one attached hydrogen (secondary N) is 1. The van der Waals surface area contributed by atoms with Crippen molar-refractivity contribution < 1.29 is 4.42 Å². The first-order valence-electron chi connectivity index (χ1n) is 10.3. The predicted molar refractivity (Wildman–Crippen MR) is 110 cm³/mol. The SMILES string of the molecule is Cn1nc(-c2ccccc2)cc1[C@@H]1CN2CC[C@H]1C[C@@H]2CNCc1ccco1. The number of nitrogens with zero attached hydrogens (tertiary/aromatic N) is 3. The first-order chi connectivity index (χ1) is 13.8. The monoisotopic (exact) mass is 376 g/mol. The van der Waals surface area contributed by atoms with Crippen LogP contribution in [0.4, 0.5) is 0 Å². The largest absolute Gasteiger partial charge is 0.468 e. The van der Waals surface area contributed by atoms with Gasteiger partial charge in [-0.1, -0.05) is 30.3 Å². The van der Waals surface area contributed by atoms with E-state index in [2.05, 4.69) is 58.3 Å². The van der Waals surface area contributed by atoms with Crippen molar-refractivity contribution >= 4 is 0 Å². The summed E-state index contributed by atoms with van der Waals surface area (Å²) in [5.41, 5.74) is 3.67. The van der Waals surface area contributed by atoms with E-state index in [1.807, 2.05) is 12.1 Å². The highest BCUT2D eigenvalue weighted by Gasteiger charge is 2.41. The third-order valence-electron chi connectivity index (χ3n) is 6.50. The predicted octanol–water partition coefficient (Wildman–Crippen LogP) is 3.65. The molecule has 28 heavy (non-hydrogen) atoms. The summed E-state index contributed by atoms with van der Waals surface area (Å²) in [7, 11) is 2.10. The van der Waals surface area contributed by atoms with Crippen LogP contribution in [0, 0.1) is 5.92 Å². The van der Waals surface area contributed by atoms with E-state index in [4.69, 9.17) is 9.52 Å². The molecule has 1 aromatic carbocycles. The summed E-state index contributed by atoms with van der Waals surface area (Å²) in [5, 5.41) is 8.39. The summed E-state index contributed by atoms with van der Waals surface area (Å²) < 4.78 is 7.54. The van der Waals surface area contributed by atoms with Gasteiger partial charge < -0.3 is 9.73 Å². The maximum Gasteiger partial charge on any atom is 0.117 e. The number of furan rings is 1. The van der Waals surface area contributed by atoms with Crippen LogP contribution in [-0.4, -0.2) is 40.4 Å². The number of hydrogen-bond acceptors (Lipinski definition) is 4. The zero-order valence-corrected chi connectivity index (χ0v) is 16.4. The number of aryl methyl sites for hydroxylation is 1. The minimum absolute atomic E-state index is 0.588. The number of fused-ring (bicyclic) bond motifs is 3. The average molecular weight is 377 g/mol. The molecule has 0 amide bonds. The first-order valence-corrected chi connectivity index (χ1v) is 10.3. The Balaban J connectivity index is 1.26. The maximum atomic E-state index is 5.43. The fraction of sp³-hybridized carbons (Fsp3) is 0.435. The maximum absolute atomic E-state index is 5.43. The average Bonchev–Trinajstić information content (AvgIpc) is 3.39. The van der Waals surface area contributed by atoms with E-state index in [-0.39, 0.29) is 0 Å². The molecule has 2 bridgehead atoms. The third kappa shape index (κ3) is 3.40. The minimum atomic E-state index is 0.588. The normalized spacial score (nSPS) is 26.6. The molecule has 5 nitrogen and oxygen atoms in total. The molecule has 3 aromatic rings. The first kappa shape index (κ1) is 17.7. The topological polar surface area (TPSA) is 46.2 Å². The Bertz CT molecular complexity index is 902. The van der Waals surface area contributed by atoms with Crippen molar-refractivity contribution in [1.82, 2.24) is 20.0 Å². The van der Waals surface area contributed by atoms with Crippen LogP contribution in [0.25, 0.3) is 11.3 Å². The second-order valence-corrected chi connectivity index (χ2v) is 8.19. The molecule has 5 heterocycles. The van der Waals surface area contributed by atoms with Crippen molar-refractivity contribution in [3.63, 3.8) is 0 Å². The van der Waals surface area contributed by atoms with Gasteiger partial charge in [-0.3, -0.25) is 9.58 Å². The lowest BCUT2D eigenvalue weighted by Gasteiger charge is -2.50. The molecular weight excluding hydrogens is 348 g/mol. The molecule has 3 fully saturated rings. The Kier molecular flexibility index (Phi) is 4.79. The lowest BCUT2D eigenvalue weighted by Crippen LogP contribution is -2.55. The molecule has 0 radical (unpaired) electrons. The van der Waals surface area contributed by atoms with Crippen LogP contribution in [-0.2, 0) is 13.6 Å². The summed E-state index contributed by atoms with van der Waals surface area (Å²) in [6, 6.07) is 17.4. The lowest BCUT2D eigenvalue weighted by atomic mass is 9.74. The zero-order valence-electron chi connectivity index (χ0n) is 16.4. The quantitative estimate of drug-likeness (QED) is 0.713. The van der Waals surface area contributed by atoms with Crippen LogP contribution in [0.2, 0.25) is 0 Å². The van der Waals surface area contributed by atoms with Gasteiger partial charge in [0.05, 0.1) is 18.5 Å². The van der Waals surface area contributed by atoms with Crippen LogP contribution in [0.15, 0.2) is 59.2 Å². The molecule has 0 spiro atoms. The van der Waals surface area contributed by atoms with Gasteiger partial charge in [-0.05, 0) is 43.5 Å². The second-order valence-electron chi connectivity index (χ2n) is 8.19. The van der Waals surface area contributed by atoms with Gasteiger partial charge in [0.2, 0.25) is 0 Å². The van der Waals surface area contributed by atoms with Crippen LogP contribution in [0.3, 0.4) is 0 Å². The summed E-state index contributed by atoms with van der Waals surface area (Å²) in [6.07, 6.45) is 4.30.